The Bertz CT molecular complexity index is 315. The molecule has 4 heteroatoms. The van der Waals surface area contributed by atoms with Gasteiger partial charge in [0.05, 0.1) is 21.8 Å². The van der Waals surface area contributed by atoms with Crippen molar-refractivity contribution < 1.29 is 0 Å². The van der Waals surface area contributed by atoms with Crippen LogP contribution in [-0.4, -0.2) is 12.0 Å². The number of rotatable bonds is 5. The van der Waals surface area contributed by atoms with Crippen molar-refractivity contribution in [3.8, 4) is 0 Å². The van der Waals surface area contributed by atoms with E-state index in [-0.39, 0.29) is 6.04 Å². The van der Waals surface area contributed by atoms with E-state index in [0.29, 0.717) is 10.0 Å². The van der Waals surface area contributed by atoms with E-state index in [1.807, 2.05) is 7.05 Å². The van der Waals surface area contributed by atoms with Crippen molar-refractivity contribution in [2.24, 2.45) is 0 Å². The molecular weight excluding hydrogens is 231 g/mol. The van der Waals surface area contributed by atoms with Crippen molar-refractivity contribution in [2.75, 3.05) is 7.05 Å². The summed E-state index contributed by atoms with van der Waals surface area (Å²) in [5.41, 5.74) is 0.886. The van der Waals surface area contributed by atoms with E-state index in [1.165, 1.54) is 6.42 Å². The summed E-state index contributed by atoms with van der Waals surface area (Å²) in [7, 11) is 1.92. The Labute approximate surface area is 101 Å². The monoisotopic (exact) mass is 246 g/mol. The van der Waals surface area contributed by atoms with Gasteiger partial charge in [-0.2, -0.15) is 0 Å². The van der Waals surface area contributed by atoms with E-state index < -0.39 is 0 Å². The van der Waals surface area contributed by atoms with Crippen LogP contribution in [0.1, 0.15) is 37.9 Å². The second-order valence-corrected chi connectivity index (χ2v) is 4.35. The van der Waals surface area contributed by atoms with Gasteiger partial charge in [0.1, 0.15) is 0 Å². The summed E-state index contributed by atoms with van der Waals surface area (Å²) in [5.74, 6) is 0. The van der Waals surface area contributed by atoms with Gasteiger partial charge >= 0.3 is 0 Å². The maximum atomic E-state index is 6.10. The van der Waals surface area contributed by atoms with E-state index in [9.17, 15) is 0 Å². The molecule has 15 heavy (non-hydrogen) atoms. The minimum Gasteiger partial charge on any atom is -0.312 e. The van der Waals surface area contributed by atoms with Crippen LogP contribution in [0.4, 0.5) is 0 Å². The van der Waals surface area contributed by atoms with Gasteiger partial charge in [0, 0.05) is 6.20 Å². The maximum absolute atomic E-state index is 6.10. The quantitative estimate of drug-likeness (QED) is 0.855. The fraction of sp³-hybridized carbons (Fsp3) is 0.545. The van der Waals surface area contributed by atoms with Crippen LogP contribution in [-0.2, 0) is 0 Å². The summed E-state index contributed by atoms with van der Waals surface area (Å²) >= 11 is 11.9. The molecule has 0 bridgehead atoms. The number of aromatic nitrogens is 1. The van der Waals surface area contributed by atoms with Crippen molar-refractivity contribution >= 4 is 23.2 Å². The van der Waals surface area contributed by atoms with Crippen molar-refractivity contribution in [1.29, 1.82) is 0 Å². The molecule has 0 amide bonds. The minimum absolute atomic E-state index is 0.217. The Morgan fingerprint density at radius 1 is 1.47 bits per heavy atom. The summed E-state index contributed by atoms with van der Waals surface area (Å²) in [6, 6.07) is 1.96. The van der Waals surface area contributed by atoms with E-state index in [0.717, 1.165) is 18.5 Å². The largest absolute Gasteiger partial charge is 0.312 e. The Kier molecular flexibility index (Phi) is 5.37. The highest BCUT2D eigenvalue weighted by Crippen LogP contribution is 2.26. The van der Waals surface area contributed by atoms with Gasteiger partial charge in [-0.25, -0.2) is 0 Å². The molecule has 0 aromatic carbocycles. The fourth-order valence-corrected chi connectivity index (χ4v) is 2.02. The molecule has 0 aliphatic carbocycles. The number of nitrogens with one attached hydrogen (secondary N) is 1. The standard InChI is InChI=1S/C11H16Cl2N2/c1-3-4-5-10(14-2)11-9(13)6-8(12)7-15-11/h6-7,10,14H,3-5H2,1-2H3. The van der Waals surface area contributed by atoms with Gasteiger partial charge in [-0.05, 0) is 19.5 Å². The Balaban J connectivity index is 2.81. The van der Waals surface area contributed by atoms with E-state index in [1.54, 1.807) is 12.3 Å². The van der Waals surface area contributed by atoms with E-state index in [4.69, 9.17) is 23.2 Å². The summed E-state index contributed by atoms with van der Waals surface area (Å²) in [6.45, 7) is 2.17. The molecule has 0 aliphatic rings. The van der Waals surface area contributed by atoms with Gasteiger partial charge < -0.3 is 5.32 Å². The van der Waals surface area contributed by atoms with Crippen molar-refractivity contribution in [1.82, 2.24) is 10.3 Å². The highest BCUT2D eigenvalue weighted by atomic mass is 35.5. The number of pyridine rings is 1. The van der Waals surface area contributed by atoms with Crippen LogP contribution in [0.25, 0.3) is 0 Å². The Morgan fingerprint density at radius 3 is 2.73 bits per heavy atom. The van der Waals surface area contributed by atoms with Gasteiger partial charge in [-0.1, -0.05) is 43.0 Å². The van der Waals surface area contributed by atoms with Crippen molar-refractivity contribution in [3.05, 3.63) is 28.0 Å². The highest BCUT2D eigenvalue weighted by molar-refractivity contribution is 6.34. The average molecular weight is 247 g/mol. The molecule has 1 N–H and O–H groups in total. The SMILES string of the molecule is CCCCC(NC)c1ncc(Cl)cc1Cl. The first-order valence-electron chi connectivity index (χ1n) is 5.17. The molecule has 2 nitrogen and oxygen atoms in total. The van der Waals surface area contributed by atoms with Crippen LogP contribution >= 0.6 is 23.2 Å². The molecule has 1 atom stereocenters. The minimum atomic E-state index is 0.217. The van der Waals surface area contributed by atoms with E-state index in [2.05, 4.69) is 17.2 Å². The zero-order chi connectivity index (χ0) is 11.3. The number of nitrogens with zero attached hydrogens (tertiary/aromatic N) is 1. The first kappa shape index (κ1) is 12.8. The summed E-state index contributed by atoms with van der Waals surface area (Å²) < 4.78 is 0. The second-order valence-electron chi connectivity index (χ2n) is 3.50. The van der Waals surface area contributed by atoms with Crippen LogP contribution in [0.5, 0.6) is 0 Å². The average Bonchev–Trinajstić information content (AvgIpc) is 2.21. The Morgan fingerprint density at radius 2 is 2.20 bits per heavy atom. The molecule has 0 saturated heterocycles. The van der Waals surface area contributed by atoms with Gasteiger partial charge in [0.2, 0.25) is 0 Å². The predicted molar refractivity (Wildman–Crippen MR) is 65.6 cm³/mol. The number of hydrogen-bond acceptors (Lipinski definition) is 2. The molecule has 1 rings (SSSR count). The number of hydrogen-bond donors (Lipinski definition) is 1. The van der Waals surface area contributed by atoms with Gasteiger partial charge in [0.25, 0.3) is 0 Å². The van der Waals surface area contributed by atoms with E-state index >= 15 is 0 Å². The lowest BCUT2D eigenvalue weighted by molar-refractivity contribution is 0.511. The second kappa shape index (κ2) is 6.31. The molecule has 0 saturated carbocycles. The van der Waals surface area contributed by atoms with Crippen molar-refractivity contribution in [3.63, 3.8) is 0 Å². The summed E-state index contributed by atoms with van der Waals surface area (Å²) in [6.07, 6.45) is 5.01. The van der Waals surface area contributed by atoms with Crippen LogP contribution in [0.15, 0.2) is 12.3 Å². The third kappa shape index (κ3) is 3.63. The van der Waals surface area contributed by atoms with Crippen LogP contribution in [0.3, 0.4) is 0 Å². The molecule has 0 spiro atoms. The first-order chi connectivity index (χ1) is 7.19. The molecule has 1 unspecified atom stereocenters. The third-order valence-corrected chi connectivity index (χ3v) is 2.87. The lowest BCUT2D eigenvalue weighted by atomic mass is 10.1. The molecular formula is C11H16Cl2N2. The third-order valence-electron chi connectivity index (χ3n) is 2.36. The smallest absolute Gasteiger partial charge is 0.0760 e. The molecule has 0 fully saturated rings. The van der Waals surface area contributed by atoms with Crippen LogP contribution < -0.4 is 5.32 Å². The summed E-state index contributed by atoms with van der Waals surface area (Å²) in [4.78, 5) is 4.28. The van der Waals surface area contributed by atoms with Crippen molar-refractivity contribution in [2.45, 2.75) is 32.2 Å². The lowest BCUT2D eigenvalue weighted by Crippen LogP contribution is -2.18. The van der Waals surface area contributed by atoms with Gasteiger partial charge in [0.15, 0.2) is 0 Å². The molecule has 0 radical (unpaired) electrons. The van der Waals surface area contributed by atoms with Gasteiger partial charge in [-0.15, -0.1) is 0 Å². The lowest BCUT2D eigenvalue weighted by Gasteiger charge is -2.16. The summed E-state index contributed by atoms with van der Waals surface area (Å²) in [5, 5.41) is 4.44. The Hall–Kier alpha value is -0.310. The number of halogens is 2. The van der Waals surface area contributed by atoms with Gasteiger partial charge in [-0.3, -0.25) is 4.98 Å². The molecule has 1 aromatic rings. The van der Waals surface area contributed by atoms with Crippen LogP contribution in [0.2, 0.25) is 10.0 Å². The zero-order valence-corrected chi connectivity index (χ0v) is 10.6. The van der Waals surface area contributed by atoms with Crippen LogP contribution in [0, 0.1) is 0 Å². The molecule has 1 aromatic heterocycles. The zero-order valence-electron chi connectivity index (χ0n) is 9.06. The number of unbranched alkanes of at least 4 members (excludes halogenated alkanes) is 1. The predicted octanol–water partition coefficient (Wildman–Crippen LogP) is 3.84. The molecule has 0 aliphatic heterocycles. The molecule has 84 valence electrons. The fourth-order valence-electron chi connectivity index (χ4n) is 1.51. The topological polar surface area (TPSA) is 24.9 Å². The maximum Gasteiger partial charge on any atom is 0.0760 e. The highest BCUT2D eigenvalue weighted by Gasteiger charge is 2.13. The first-order valence-corrected chi connectivity index (χ1v) is 5.92. The normalized spacial score (nSPS) is 12.8. The molecule has 1 heterocycles.